The van der Waals surface area contributed by atoms with Crippen molar-refractivity contribution in [1.82, 2.24) is 9.80 Å². The Hall–Kier alpha value is -3.46. The van der Waals surface area contributed by atoms with Gasteiger partial charge in [-0.25, -0.2) is 0 Å². The molecule has 0 spiro atoms. The van der Waals surface area contributed by atoms with E-state index in [-0.39, 0.29) is 24.0 Å². The molecular formula is C23H28N4O5. The fourth-order valence-electron chi connectivity index (χ4n) is 3.65. The van der Waals surface area contributed by atoms with Crippen LogP contribution in [0.4, 0.5) is 11.4 Å². The number of nitro groups is 1. The van der Waals surface area contributed by atoms with Crippen LogP contribution in [0.25, 0.3) is 0 Å². The molecule has 0 saturated carbocycles. The largest absolute Gasteiger partial charge is 0.497 e. The summed E-state index contributed by atoms with van der Waals surface area (Å²) in [5, 5.41) is 13.5. The van der Waals surface area contributed by atoms with Crippen LogP contribution in [-0.2, 0) is 16.0 Å². The molecule has 2 aromatic carbocycles. The average molecular weight is 441 g/mol. The minimum atomic E-state index is -0.479. The normalized spacial score (nSPS) is 14.5. The maximum Gasteiger partial charge on any atom is 0.269 e. The zero-order valence-electron chi connectivity index (χ0n) is 18.2. The summed E-state index contributed by atoms with van der Waals surface area (Å²) in [7, 11) is 1.63. The number of aryl methyl sites for hydroxylation is 1. The first-order valence-corrected chi connectivity index (χ1v) is 10.6. The number of nitro benzene ring substituents is 1. The van der Waals surface area contributed by atoms with Crippen molar-refractivity contribution >= 4 is 23.2 Å². The van der Waals surface area contributed by atoms with Gasteiger partial charge in [-0.3, -0.25) is 24.6 Å². The lowest BCUT2D eigenvalue weighted by atomic mass is 10.1. The second-order valence-electron chi connectivity index (χ2n) is 7.71. The standard InChI is InChI=1S/C23H28N4O5/c1-32-21-10-3-18(4-11-21)5-12-23(29)26-14-2-13-25(15-16-26)17-22(28)24-19-6-8-20(9-7-19)27(30)31/h3-4,6-11H,2,5,12-17H2,1H3,(H,24,28). The summed E-state index contributed by atoms with van der Waals surface area (Å²) in [5.74, 6) is 0.737. The number of nitrogens with zero attached hydrogens (tertiary/aromatic N) is 3. The maximum absolute atomic E-state index is 12.6. The van der Waals surface area contributed by atoms with Crippen LogP contribution in [0.5, 0.6) is 5.75 Å². The molecule has 2 aromatic rings. The highest BCUT2D eigenvalue weighted by Crippen LogP contribution is 2.16. The molecule has 1 N–H and O–H groups in total. The fraction of sp³-hybridized carbons (Fsp3) is 0.391. The highest BCUT2D eigenvalue weighted by Gasteiger charge is 2.20. The van der Waals surface area contributed by atoms with Crippen LogP contribution in [0, 0.1) is 10.1 Å². The third kappa shape index (κ3) is 6.78. The third-order valence-corrected chi connectivity index (χ3v) is 5.46. The Balaban J connectivity index is 1.42. The van der Waals surface area contributed by atoms with Crippen molar-refractivity contribution in [2.45, 2.75) is 19.3 Å². The number of hydrogen-bond donors (Lipinski definition) is 1. The molecule has 1 aliphatic rings. The average Bonchev–Trinajstić information content (AvgIpc) is 3.03. The number of ether oxygens (including phenoxy) is 1. The molecule has 0 unspecified atom stereocenters. The molecule has 1 fully saturated rings. The van der Waals surface area contributed by atoms with Gasteiger partial charge in [-0.05, 0) is 42.7 Å². The van der Waals surface area contributed by atoms with Crippen LogP contribution < -0.4 is 10.1 Å². The van der Waals surface area contributed by atoms with E-state index >= 15 is 0 Å². The number of carbonyl (C=O) groups is 2. The molecule has 3 rings (SSSR count). The first-order valence-electron chi connectivity index (χ1n) is 10.6. The van der Waals surface area contributed by atoms with Crippen LogP contribution in [0.1, 0.15) is 18.4 Å². The van der Waals surface area contributed by atoms with Crippen LogP contribution in [0.15, 0.2) is 48.5 Å². The van der Waals surface area contributed by atoms with Crippen molar-refractivity contribution in [2.75, 3.05) is 45.2 Å². The Morgan fingerprint density at radius 1 is 1.03 bits per heavy atom. The molecule has 0 bridgehead atoms. The van der Waals surface area contributed by atoms with Crippen molar-refractivity contribution in [3.63, 3.8) is 0 Å². The third-order valence-electron chi connectivity index (χ3n) is 5.46. The number of anilines is 1. The molecule has 1 aliphatic heterocycles. The van der Waals surface area contributed by atoms with Crippen molar-refractivity contribution in [1.29, 1.82) is 0 Å². The number of methoxy groups -OCH3 is 1. The van der Waals surface area contributed by atoms with Gasteiger partial charge in [0.15, 0.2) is 0 Å². The Labute approximate surface area is 187 Å². The second kappa shape index (κ2) is 11.2. The van der Waals surface area contributed by atoms with E-state index in [0.29, 0.717) is 38.2 Å². The van der Waals surface area contributed by atoms with E-state index in [1.807, 2.05) is 34.1 Å². The van der Waals surface area contributed by atoms with E-state index in [1.165, 1.54) is 24.3 Å². The summed E-state index contributed by atoms with van der Waals surface area (Å²) in [6.07, 6.45) is 1.94. The Bertz CT molecular complexity index is 930. The van der Waals surface area contributed by atoms with E-state index in [1.54, 1.807) is 7.11 Å². The number of rotatable bonds is 8. The van der Waals surface area contributed by atoms with Crippen molar-refractivity contribution in [3.05, 3.63) is 64.2 Å². The number of benzene rings is 2. The van der Waals surface area contributed by atoms with Crippen LogP contribution >= 0.6 is 0 Å². The molecule has 0 radical (unpaired) electrons. The molecule has 0 atom stereocenters. The van der Waals surface area contributed by atoms with Gasteiger partial charge in [0.2, 0.25) is 11.8 Å². The van der Waals surface area contributed by atoms with Crippen molar-refractivity contribution in [2.24, 2.45) is 0 Å². The van der Waals surface area contributed by atoms with E-state index in [0.717, 1.165) is 24.3 Å². The molecule has 1 saturated heterocycles. The quantitative estimate of drug-likeness (QED) is 0.500. The number of hydrogen-bond acceptors (Lipinski definition) is 6. The van der Waals surface area contributed by atoms with Gasteiger partial charge in [0, 0.05) is 50.4 Å². The number of carbonyl (C=O) groups excluding carboxylic acids is 2. The van der Waals surface area contributed by atoms with E-state index in [2.05, 4.69) is 5.32 Å². The smallest absolute Gasteiger partial charge is 0.269 e. The molecule has 170 valence electrons. The summed E-state index contributed by atoms with van der Waals surface area (Å²) in [6.45, 7) is 2.84. The lowest BCUT2D eigenvalue weighted by Crippen LogP contribution is -2.38. The topological polar surface area (TPSA) is 105 Å². The van der Waals surface area contributed by atoms with Crippen LogP contribution in [0.2, 0.25) is 0 Å². The van der Waals surface area contributed by atoms with Crippen LogP contribution in [0.3, 0.4) is 0 Å². The SMILES string of the molecule is COc1ccc(CCC(=O)N2CCCN(CC(=O)Nc3ccc([N+](=O)[O-])cc3)CC2)cc1. The van der Waals surface area contributed by atoms with Gasteiger partial charge in [0.25, 0.3) is 5.69 Å². The van der Waals surface area contributed by atoms with Gasteiger partial charge in [-0.2, -0.15) is 0 Å². The van der Waals surface area contributed by atoms with Gasteiger partial charge in [0.05, 0.1) is 18.6 Å². The first kappa shape index (κ1) is 23.2. The molecule has 0 aliphatic carbocycles. The van der Waals surface area contributed by atoms with Gasteiger partial charge in [0.1, 0.15) is 5.75 Å². The van der Waals surface area contributed by atoms with E-state index < -0.39 is 4.92 Å². The predicted octanol–water partition coefficient (Wildman–Crippen LogP) is 2.71. The maximum atomic E-state index is 12.6. The van der Waals surface area contributed by atoms with E-state index in [9.17, 15) is 19.7 Å². The zero-order chi connectivity index (χ0) is 22.9. The summed E-state index contributed by atoms with van der Waals surface area (Å²) in [4.78, 5) is 39.1. The Kier molecular flexibility index (Phi) is 8.15. The summed E-state index contributed by atoms with van der Waals surface area (Å²) < 4.78 is 5.16. The highest BCUT2D eigenvalue weighted by atomic mass is 16.6. The molecular weight excluding hydrogens is 412 g/mol. The summed E-state index contributed by atoms with van der Waals surface area (Å²) in [6, 6.07) is 13.5. The number of non-ortho nitro benzene ring substituents is 1. The molecule has 0 aromatic heterocycles. The van der Waals surface area contributed by atoms with Crippen LogP contribution in [-0.4, -0.2) is 66.4 Å². The number of amides is 2. The predicted molar refractivity (Wildman–Crippen MR) is 121 cm³/mol. The molecule has 32 heavy (non-hydrogen) atoms. The van der Waals surface area contributed by atoms with Gasteiger partial charge < -0.3 is 15.0 Å². The Morgan fingerprint density at radius 2 is 1.75 bits per heavy atom. The second-order valence-corrected chi connectivity index (χ2v) is 7.71. The van der Waals surface area contributed by atoms with E-state index in [4.69, 9.17) is 4.74 Å². The van der Waals surface area contributed by atoms with Crippen molar-refractivity contribution < 1.29 is 19.2 Å². The van der Waals surface area contributed by atoms with Crippen molar-refractivity contribution in [3.8, 4) is 5.75 Å². The summed E-state index contributed by atoms with van der Waals surface area (Å²) >= 11 is 0. The number of nitrogens with one attached hydrogen (secondary N) is 1. The lowest BCUT2D eigenvalue weighted by Gasteiger charge is -2.22. The monoisotopic (exact) mass is 440 g/mol. The van der Waals surface area contributed by atoms with Gasteiger partial charge in [-0.15, -0.1) is 0 Å². The first-order chi connectivity index (χ1) is 15.4. The molecule has 1 heterocycles. The Morgan fingerprint density at radius 3 is 2.41 bits per heavy atom. The molecule has 2 amide bonds. The lowest BCUT2D eigenvalue weighted by molar-refractivity contribution is -0.384. The minimum Gasteiger partial charge on any atom is -0.497 e. The van der Waals surface area contributed by atoms with Gasteiger partial charge >= 0.3 is 0 Å². The minimum absolute atomic E-state index is 0.0210. The van der Waals surface area contributed by atoms with Gasteiger partial charge in [-0.1, -0.05) is 12.1 Å². The molecule has 9 nitrogen and oxygen atoms in total. The molecule has 9 heteroatoms. The summed E-state index contributed by atoms with van der Waals surface area (Å²) in [5.41, 5.74) is 1.59. The highest BCUT2D eigenvalue weighted by molar-refractivity contribution is 5.92. The fourth-order valence-corrected chi connectivity index (χ4v) is 3.65. The zero-order valence-corrected chi connectivity index (χ0v) is 18.2.